The van der Waals surface area contributed by atoms with E-state index in [1.165, 1.54) is 0 Å². The normalized spacial score (nSPS) is 20.1. The van der Waals surface area contributed by atoms with Gasteiger partial charge in [-0.05, 0) is 11.3 Å². The second kappa shape index (κ2) is 4.21. The molecule has 4 heteroatoms. The zero-order valence-corrected chi connectivity index (χ0v) is 9.96. The van der Waals surface area contributed by atoms with Gasteiger partial charge in [0.2, 0.25) is 11.8 Å². The molecule has 1 N–H and O–H groups in total. The van der Waals surface area contributed by atoms with E-state index >= 15 is 0 Å². The van der Waals surface area contributed by atoms with Gasteiger partial charge in [-0.2, -0.15) is 0 Å². The lowest BCUT2D eigenvalue weighted by Crippen LogP contribution is -2.53. The van der Waals surface area contributed by atoms with Gasteiger partial charge in [0.15, 0.2) is 0 Å². The van der Waals surface area contributed by atoms with Gasteiger partial charge in [0.1, 0.15) is 0 Å². The van der Waals surface area contributed by atoms with Gasteiger partial charge in [-0.25, -0.2) is 0 Å². The second-order valence-electron chi connectivity index (χ2n) is 5.32. The molecule has 0 aromatic heterocycles. The highest BCUT2D eigenvalue weighted by atomic mass is 16.2. The second-order valence-corrected chi connectivity index (χ2v) is 5.32. The van der Waals surface area contributed by atoms with Crippen LogP contribution in [0.15, 0.2) is 0 Å². The van der Waals surface area contributed by atoms with E-state index < -0.39 is 0 Å². The van der Waals surface area contributed by atoms with Crippen molar-refractivity contribution in [1.29, 1.82) is 0 Å². The van der Waals surface area contributed by atoms with Gasteiger partial charge in [0.05, 0.1) is 13.1 Å². The Morgan fingerprint density at radius 3 is 2.53 bits per heavy atom. The highest BCUT2D eigenvalue weighted by Crippen LogP contribution is 2.26. The molecule has 1 aliphatic heterocycles. The zero-order valence-electron chi connectivity index (χ0n) is 9.96. The monoisotopic (exact) mass is 212 g/mol. The van der Waals surface area contributed by atoms with Gasteiger partial charge in [-0.1, -0.05) is 27.7 Å². The van der Waals surface area contributed by atoms with Crippen molar-refractivity contribution in [2.45, 2.75) is 27.7 Å². The van der Waals surface area contributed by atoms with Crippen LogP contribution in [0.1, 0.15) is 27.7 Å². The number of nitrogens with one attached hydrogen (secondary N) is 1. The summed E-state index contributed by atoms with van der Waals surface area (Å²) in [6.07, 6.45) is 0. The molecule has 1 saturated heterocycles. The van der Waals surface area contributed by atoms with Gasteiger partial charge >= 0.3 is 0 Å². The number of rotatable bonds is 2. The lowest BCUT2D eigenvalue weighted by Gasteiger charge is -2.34. The van der Waals surface area contributed by atoms with Crippen LogP contribution in [0, 0.1) is 11.3 Å². The van der Waals surface area contributed by atoms with Crippen molar-refractivity contribution in [2.75, 3.05) is 19.6 Å². The molecule has 0 aromatic carbocycles. The maximum absolute atomic E-state index is 11.5. The average Bonchev–Trinajstić information content (AvgIpc) is 2.09. The van der Waals surface area contributed by atoms with Crippen LogP contribution < -0.4 is 5.32 Å². The summed E-state index contributed by atoms with van der Waals surface area (Å²) in [6.45, 7) is 9.56. The zero-order chi connectivity index (χ0) is 11.6. The molecule has 86 valence electrons. The Kier molecular flexibility index (Phi) is 3.37. The average molecular weight is 212 g/mol. The summed E-state index contributed by atoms with van der Waals surface area (Å²) >= 11 is 0. The van der Waals surface area contributed by atoms with Gasteiger partial charge in [-0.3, -0.25) is 9.59 Å². The third-order valence-corrected chi connectivity index (χ3v) is 3.10. The highest BCUT2D eigenvalue weighted by Gasteiger charge is 2.28. The summed E-state index contributed by atoms with van der Waals surface area (Å²) in [5, 5.41) is 2.54. The van der Waals surface area contributed by atoms with E-state index in [0.717, 1.165) is 0 Å². The molecule has 4 nitrogen and oxygen atoms in total. The van der Waals surface area contributed by atoms with Gasteiger partial charge in [0.25, 0.3) is 0 Å². The molecule has 1 unspecified atom stereocenters. The lowest BCUT2D eigenvalue weighted by molar-refractivity contribution is -0.141. The standard InChI is InChI=1S/C11H20N2O2/c1-8(11(2,3)4)6-13-7-9(14)12-5-10(13)15/h8H,5-7H2,1-4H3,(H,12,14). The molecule has 1 aliphatic rings. The predicted octanol–water partition coefficient (Wildman–Crippen LogP) is 0.627. The first-order chi connectivity index (χ1) is 6.80. The SMILES string of the molecule is CC(CN1CC(=O)NCC1=O)C(C)(C)C. The van der Waals surface area contributed by atoms with Crippen molar-refractivity contribution >= 4 is 11.8 Å². The number of carbonyl (C=O) groups excluding carboxylic acids is 2. The molecular weight excluding hydrogens is 192 g/mol. The summed E-state index contributed by atoms with van der Waals surface area (Å²) < 4.78 is 0. The van der Waals surface area contributed by atoms with Crippen molar-refractivity contribution in [2.24, 2.45) is 11.3 Å². The molecule has 0 spiro atoms. The minimum Gasteiger partial charge on any atom is -0.345 e. The minimum atomic E-state index is -0.0595. The van der Waals surface area contributed by atoms with Gasteiger partial charge < -0.3 is 10.2 Å². The molecule has 15 heavy (non-hydrogen) atoms. The first-order valence-corrected chi connectivity index (χ1v) is 5.35. The summed E-state index contributed by atoms with van der Waals surface area (Å²) in [4.78, 5) is 24.3. The van der Waals surface area contributed by atoms with Gasteiger partial charge in [-0.15, -0.1) is 0 Å². The highest BCUT2D eigenvalue weighted by molar-refractivity contribution is 5.92. The topological polar surface area (TPSA) is 49.4 Å². The summed E-state index contributed by atoms with van der Waals surface area (Å²) in [7, 11) is 0. The summed E-state index contributed by atoms with van der Waals surface area (Å²) in [5.74, 6) is 0.341. The van der Waals surface area contributed by atoms with Crippen LogP contribution in [-0.2, 0) is 9.59 Å². The van der Waals surface area contributed by atoms with Crippen LogP contribution in [0.5, 0.6) is 0 Å². The minimum absolute atomic E-state index is 0.0192. The van der Waals surface area contributed by atoms with Crippen LogP contribution >= 0.6 is 0 Å². The maximum Gasteiger partial charge on any atom is 0.242 e. The molecule has 1 fully saturated rings. The van der Waals surface area contributed by atoms with Crippen molar-refractivity contribution in [3.05, 3.63) is 0 Å². The van der Waals surface area contributed by atoms with E-state index in [1.54, 1.807) is 4.90 Å². The Morgan fingerprint density at radius 1 is 1.40 bits per heavy atom. The van der Waals surface area contributed by atoms with Crippen LogP contribution in [0.3, 0.4) is 0 Å². The third kappa shape index (κ3) is 3.22. The Labute approximate surface area is 91.0 Å². The molecule has 1 heterocycles. The number of hydrogen-bond donors (Lipinski definition) is 1. The lowest BCUT2D eigenvalue weighted by atomic mass is 9.82. The molecule has 2 amide bonds. The Balaban J connectivity index is 2.56. The van der Waals surface area contributed by atoms with Crippen LogP contribution in [-0.4, -0.2) is 36.3 Å². The van der Waals surface area contributed by atoms with E-state index in [2.05, 4.69) is 33.0 Å². The number of carbonyl (C=O) groups is 2. The van der Waals surface area contributed by atoms with E-state index in [9.17, 15) is 9.59 Å². The fraction of sp³-hybridized carbons (Fsp3) is 0.818. The van der Waals surface area contributed by atoms with Gasteiger partial charge in [0, 0.05) is 6.54 Å². The summed E-state index contributed by atoms with van der Waals surface area (Å²) in [5.41, 5.74) is 0.161. The van der Waals surface area contributed by atoms with E-state index in [0.29, 0.717) is 12.5 Å². The summed E-state index contributed by atoms with van der Waals surface area (Å²) in [6, 6.07) is 0. The molecule has 0 saturated carbocycles. The number of hydrogen-bond acceptors (Lipinski definition) is 2. The predicted molar refractivity (Wildman–Crippen MR) is 58.2 cm³/mol. The van der Waals surface area contributed by atoms with E-state index in [4.69, 9.17) is 0 Å². The van der Waals surface area contributed by atoms with Crippen molar-refractivity contribution in [3.8, 4) is 0 Å². The first kappa shape index (κ1) is 12.0. The van der Waals surface area contributed by atoms with Crippen LogP contribution in [0.4, 0.5) is 0 Å². The van der Waals surface area contributed by atoms with Crippen molar-refractivity contribution in [1.82, 2.24) is 10.2 Å². The first-order valence-electron chi connectivity index (χ1n) is 5.35. The fourth-order valence-electron chi connectivity index (χ4n) is 1.37. The Morgan fingerprint density at radius 2 is 2.00 bits per heavy atom. The molecule has 0 bridgehead atoms. The molecule has 1 atom stereocenters. The number of nitrogens with zero attached hydrogens (tertiary/aromatic N) is 1. The molecule has 0 radical (unpaired) electrons. The smallest absolute Gasteiger partial charge is 0.242 e. The Hall–Kier alpha value is -1.06. The maximum atomic E-state index is 11.5. The quantitative estimate of drug-likeness (QED) is 0.729. The molecule has 1 rings (SSSR count). The van der Waals surface area contributed by atoms with E-state index in [1.807, 2.05) is 0 Å². The number of amides is 2. The third-order valence-electron chi connectivity index (χ3n) is 3.10. The largest absolute Gasteiger partial charge is 0.345 e. The van der Waals surface area contributed by atoms with Crippen LogP contribution in [0.2, 0.25) is 0 Å². The number of piperazine rings is 1. The van der Waals surface area contributed by atoms with Crippen molar-refractivity contribution < 1.29 is 9.59 Å². The fourth-order valence-corrected chi connectivity index (χ4v) is 1.37. The molecular formula is C11H20N2O2. The van der Waals surface area contributed by atoms with Crippen molar-refractivity contribution in [3.63, 3.8) is 0 Å². The van der Waals surface area contributed by atoms with E-state index in [-0.39, 0.29) is 30.3 Å². The molecule has 0 aromatic rings. The molecule has 0 aliphatic carbocycles. The van der Waals surface area contributed by atoms with Crippen LogP contribution in [0.25, 0.3) is 0 Å². The Bertz CT molecular complexity index is 268.